The number of rotatable bonds is 10. The molecule has 0 aliphatic carbocycles. The molecule has 2 aromatic heterocycles. The fourth-order valence-electron chi connectivity index (χ4n) is 7.49. The zero-order valence-corrected chi connectivity index (χ0v) is 32.6. The summed E-state index contributed by atoms with van der Waals surface area (Å²) in [5.74, 6) is 1.40. The first-order valence-corrected chi connectivity index (χ1v) is 20.0. The Bertz CT molecular complexity index is 1950. The van der Waals surface area contributed by atoms with Gasteiger partial charge in [-0.05, 0) is 48.2 Å². The van der Waals surface area contributed by atoms with Crippen molar-refractivity contribution in [3.8, 4) is 0 Å². The van der Waals surface area contributed by atoms with E-state index in [9.17, 15) is 9.59 Å². The molecule has 16 heteroatoms. The van der Waals surface area contributed by atoms with E-state index >= 15 is 0 Å². The van der Waals surface area contributed by atoms with Gasteiger partial charge in [-0.3, -0.25) is 9.80 Å². The zero-order chi connectivity index (χ0) is 39.5. The molecule has 0 unspecified atom stereocenters. The Morgan fingerprint density at radius 2 is 0.931 bits per heavy atom. The van der Waals surface area contributed by atoms with E-state index in [1.807, 2.05) is 48.5 Å². The van der Waals surface area contributed by atoms with Crippen LogP contribution in [0.15, 0.2) is 108 Å². The van der Waals surface area contributed by atoms with Gasteiger partial charge in [-0.15, -0.1) is 0 Å². The first-order valence-electron chi connectivity index (χ1n) is 20.0. The lowest BCUT2D eigenvalue weighted by molar-refractivity contribution is -0.170. The maximum absolute atomic E-state index is 13.4. The number of piperazine rings is 2. The second-order valence-electron chi connectivity index (χ2n) is 14.4. The summed E-state index contributed by atoms with van der Waals surface area (Å²) in [6.45, 7) is 8.54. The topological polar surface area (TPSA) is 148 Å². The Labute approximate surface area is 338 Å². The Hall–Kier alpha value is -6.26. The highest BCUT2D eigenvalue weighted by atomic mass is 16.7. The number of amidine groups is 2. The molecule has 0 radical (unpaired) electrons. The summed E-state index contributed by atoms with van der Waals surface area (Å²) >= 11 is 0. The van der Waals surface area contributed by atoms with Crippen LogP contribution in [-0.4, -0.2) is 142 Å². The normalized spacial score (nSPS) is 17.2. The summed E-state index contributed by atoms with van der Waals surface area (Å²) in [5, 5.41) is 3.15. The number of hydrogen-bond acceptors (Lipinski definition) is 16. The van der Waals surface area contributed by atoms with Gasteiger partial charge in [0.1, 0.15) is 11.7 Å². The minimum atomic E-state index is -0.694. The maximum Gasteiger partial charge on any atom is 0.356 e. The molecule has 0 N–H and O–H groups in total. The molecule has 4 aliphatic heterocycles. The molecule has 0 amide bonds. The lowest BCUT2D eigenvalue weighted by Crippen LogP contribution is -2.49. The molecule has 2 aromatic carbocycles. The smallest absolute Gasteiger partial charge is 0.338 e. The number of hydrogen-bond donors (Lipinski definition) is 0. The average Bonchev–Trinajstić information content (AvgIpc) is 3.29. The monoisotopic (exact) mass is 784 g/mol. The zero-order valence-electron chi connectivity index (χ0n) is 32.6. The van der Waals surface area contributed by atoms with Crippen molar-refractivity contribution in [3.05, 3.63) is 109 Å². The fourth-order valence-corrected chi connectivity index (χ4v) is 7.49. The second-order valence-corrected chi connectivity index (χ2v) is 14.4. The molecule has 0 spiro atoms. The molecule has 0 bridgehead atoms. The number of carbonyl (C=O) groups excluding carboxylic acids is 2. The largest absolute Gasteiger partial charge is 0.356 e. The summed E-state index contributed by atoms with van der Waals surface area (Å²) < 4.78 is 0. The van der Waals surface area contributed by atoms with E-state index in [4.69, 9.17) is 19.7 Å². The molecule has 2 saturated heterocycles. The van der Waals surface area contributed by atoms with E-state index in [-0.39, 0.29) is 0 Å². The molecule has 2 fully saturated rings. The molecule has 300 valence electrons. The summed E-state index contributed by atoms with van der Waals surface area (Å²) in [4.78, 5) is 74.9. The van der Waals surface area contributed by atoms with Crippen LogP contribution >= 0.6 is 0 Å². The van der Waals surface area contributed by atoms with Crippen molar-refractivity contribution in [1.82, 2.24) is 39.9 Å². The molecular weight excluding hydrogens is 737 g/mol. The van der Waals surface area contributed by atoms with Crippen molar-refractivity contribution in [1.29, 1.82) is 0 Å². The van der Waals surface area contributed by atoms with Gasteiger partial charge in [-0.2, -0.15) is 10.1 Å². The highest BCUT2D eigenvalue weighted by molar-refractivity contribution is 5.94. The van der Waals surface area contributed by atoms with Gasteiger partial charge in [-0.25, -0.2) is 39.5 Å². The van der Waals surface area contributed by atoms with Gasteiger partial charge in [-0.1, -0.05) is 36.4 Å². The maximum atomic E-state index is 13.4. The first kappa shape index (κ1) is 38.6. The molecule has 58 heavy (non-hydrogen) atoms. The Balaban J connectivity index is 0.900. The van der Waals surface area contributed by atoms with Gasteiger partial charge < -0.3 is 19.5 Å². The van der Waals surface area contributed by atoms with E-state index in [0.29, 0.717) is 50.7 Å². The fraction of sp³-hybridized carbons (Fsp3) is 0.381. The van der Waals surface area contributed by atoms with Crippen molar-refractivity contribution in [2.75, 3.05) is 88.3 Å². The van der Waals surface area contributed by atoms with Crippen LogP contribution in [-0.2, 0) is 32.1 Å². The number of nitrogens with zero attached hydrogens (tertiary/aromatic N) is 12. The van der Waals surface area contributed by atoms with E-state index < -0.39 is 11.9 Å². The number of carbonyl (C=O) groups is 2. The lowest BCUT2D eigenvalue weighted by atomic mass is 10.0. The third kappa shape index (κ3) is 9.99. The molecule has 0 atom stereocenters. The van der Waals surface area contributed by atoms with Crippen LogP contribution in [0.2, 0.25) is 0 Å². The van der Waals surface area contributed by atoms with Gasteiger partial charge >= 0.3 is 11.9 Å². The number of hydroxylamine groups is 4. The Kier molecular flexibility index (Phi) is 12.5. The summed E-state index contributed by atoms with van der Waals surface area (Å²) in [6.07, 6.45) is 12.0. The highest BCUT2D eigenvalue weighted by Crippen LogP contribution is 2.28. The van der Waals surface area contributed by atoms with Crippen molar-refractivity contribution in [3.63, 3.8) is 0 Å². The molecule has 8 rings (SSSR count). The Morgan fingerprint density at radius 1 is 0.534 bits per heavy atom. The van der Waals surface area contributed by atoms with Crippen LogP contribution in [0, 0.1) is 0 Å². The quantitative estimate of drug-likeness (QED) is 0.170. The van der Waals surface area contributed by atoms with Crippen LogP contribution in [0.3, 0.4) is 0 Å². The summed E-state index contributed by atoms with van der Waals surface area (Å²) in [7, 11) is 0. The van der Waals surface area contributed by atoms with Crippen molar-refractivity contribution < 1.29 is 19.3 Å². The van der Waals surface area contributed by atoms with Crippen LogP contribution in [0.1, 0.15) is 24.0 Å². The van der Waals surface area contributed by atoms with Crippen LogP contribution in [0.25, 0.3) is 0 Å². The number of aromatic nitrogens is 4. The van der Waals surface area contributed by atoms with Crippen LogP contribution < -0.4 is 9.80 Å². The van der Waals surface area contributed by atoms with Crippen molar-refractivity contribution in [2.45, 2.75) is 25.7 Å². The molecule has 4 aromatic rings. The number of aliphatic imine (C=N–C) groups is 2. The average molecular weight is 785 g/mol. The SMILES string of the molecule is O=C(/C=C/C(=O)ON(CCN1CCN(c2ncccn2)CC1)C1=Nc2ccccc2CC1)ON(CCN1CCN(c2ncccn2)CC1)C1=Nc2ccccc2CC1. The molecule has 6 heterocycles. The highest BCUT2D eigenvalue weighted by Gasteiger charge is 2.26. The van der Waals surface area contributed by atoms with Crippen LogP contribution in [0.4, 0.5) is 23.3 Å². The molecule has 4 aliphatic rings. The summed E-state index contributed by atoms with van der Waals surface area (Å²) in [5.41, 5.74) is 4.03. The van der Waals surface area contributed by atoms with Gasteiger partial charge in [0.05, 0.1) is 24.5 Å². The number of aryl methyl sites for hydroxylation is 2. The summed E-state index contributed by atoms with van der Waals surface area (Å²) in [6, 6.07) is 19.6. The molecule has 0 saturated carbocycles. The van der Waals surface area contributed by atoms with Gasteiger partial charge in [0.25, 0.3) is 0 Å². The number of anilines is 2. The minimum Gasteiger partial charge on any atom is -0.338 e. The van der Waals surface area contributed by atoms with Gasteiger partial charge in [0.2, 0.25) is 11.9 Å². The van der Waals surface area contributed by atoms with E-state index in [1.165, 1.54) is 0 Å². The van der Waals surface area contributed by atoms with Crippen molar-refractivity contribution in [2.24, 2.45) is 9.98 Å². The van der Waals surface area contributed by atoms with Crippen molar-refractivity contribution >= 4 is 46.9 Å². The third-order valence-corrected chi connectivity index (χ3v) is 10.7. The third-order valence-electron chi connectivity index (χ3n) is 10.7. The minimum absolute atomic E-state index is 0.411. The first-order chi connectivity index (χ1) is 28.5. The predicted molar refractivity (Wildman–Crippen MR) is 220 cm³/mol. The van der Waals surface area contributed by atoms with E-state index in [2.05, 4.69) is 51.7 Å². The number of fused-ring (bicyclic) bond motifs is 2. The van der Waals surface area contributed by atoms with Crippen LogP contribution in [0.5, 0.6) is 0 Å². The van der Waals surface area contributed by atoms with E-state index in [0.717, 1.165) is 112 Å². The lowest BCUT2D eigenvalue weighted by Gasteiger charge is -2.36. The van der Waals surface area contributed by atoms with E-state index in [1.54, 1.807) is 34.9 Å². The Morgan fingerprint density at radius 3 is 1.34 bits per heavy atom. The number of para-hydroxylation sites is 2. The van der Waals surface area contributed by atoms with Gasteiger partial charge in [0, 0.05) is 115 Å². The van der Waals surface area contributed by atoms with Gasteiger partial charge in [0.15, 0.2) is 0 Å². The predicted octanol–water partition coefficient (Wildman–Crippen LogP) is 3.64. The number of benzene rings is 2. The second kappa shape index (κ2) is 18.8. The molecule has 16 nitrogen and oxygen atoms in total. The molecular formula is C42H48N12O4. The standard InChI is InChI=1S/C42H48N12O4/c55-39(57-53(37-13-11-33-7-1-3-9-35(33)47-37)31-25-49-21-27-51(28-22-49)41-43-17-5-18-44-41)15-16-40(56)58-54(38-14-12-34-8-2-4-10-36(34)48-38)32-26-50-23-29-52(30-24-50)42-45-19-6-20-46-42/h1-10,15-20H,11-14,21-32H2/b16-15+.